The second-order valence-corrected chi connectivity index (χ2v) is 4.72. The zero-order valence-corrected chi connectivity index (χ0v) is 9.54. The van der Waals surface area contributed by atoms with Gasteiger partial charge in [0.1, 0.15) is 0 Å². The van der Waals surface area contributed by atoms with Gasteiger partial charge in [0.05, 0.1) is 6.10 Å². The highest BCUT2D eigenvalue weighted by Gasteiger charge is 2.23. The monoisotopic (exact) mass is 200 g/mol. The number of ether oxygens (including phenoxy) is 1. The van der Waals surface area contributed by atoms with Gasteiger partial charge in [0.2, 0.25) is 0 Å². The van der Waals surface area contributed by atoms with Crippen LogP contribution in [0.4, 0.5) is 0 Å². The van der Waals surface area contributed by atoms with Gasteiger partial charge in [-0.1, -0.05) is 19.8 Å². The lowest BCUT2D eigenvalue weighted by Crippen LogP contribution is -2.25. The topological polar surface area (TPSA) is 29.5 Å². The first-order valence-electron chi connectivity index (χ1n) is 5.91. The second-order valence-electron chi connectivity index (χ2n) is 4.72. The fourth-order valence-corrected chi connectivity index (χ4v) is 2.34. The van der Waals surface area contributed by atoms with Crippen LogP contribution in [0.3, 0.4) is 0 Å². The van der Waals surface area contributed by atoms with Crippen molar-refractivity contribution < 1.29 is 9.84 Å². The lowest BCUT2D eigenvalue weighted by atomic mass is 9.79. The van der Waals surface area contributed by atoms with Gasteiger partial charge in [-0.05, 0) is 37.5 Å². The third kappa shape index (κ3) is 3.97. The van der Waals surface area contributed by atoms with Crippen LogP contribution in [0.2, 0.25) is 0 Å². The minimum Gasteiger partial charge on any atom is -0.393 e. The Hall–Kier alpha value is -0.0800. The van der Waals surface area contributed by atoms with Crippen LogP contribution in [-0.2, 0) is 4.74 Å². The van der Waals surface area contributed by atoms with Crippen LogP contribution >= 0.6 is 0 Å². The van der Waals surface area contributed by atoms with Gasteiger partial charge in [-0.15, -0.1) is 0 Å². The van der Waals surface area contributed by atoms with Gasteiger partial charge in [-0.3, -0.25) is 0 Å². The van der Waals surface area contributed by atoms with E-state index in [1.807, 2.05) is 0 Å². The highest BCUT2D eigenvalue weighted by molar-refractivity contribution is 4.75. The quantitative estimate of drug-likeness (QED) is 0.691. The molecule has 1 aliphatic rings. The average molecular weight is 200 g/mol. The highest BCUT2D eigenvalue weighted by atomic mass is 16.5. The predicted molar refractivity (Wildman–Crippen MR) is 58.2 cm³/mol. The first kappa shape index (κ1) is 12.0. The largest absolute Gasteiger partial charge is 0.393 e. The van der Waals surface area contributed by atoms with Crippen molar-refractivity contribution in [1.82, 2.24) is 0 Å². The van der Waals surface area contributed by atoms with E-state index in [2.05, 4.69) is 6.92 Å². The lowest BCUT2D eigenvalue weighted by Gasteiger charge is -2.29. The van der Waals surface area contributed by atoms with E-state index in [9.17, 15) is 5.11 Å². The summed E-state index contributed by atoms with van der Waals surface area (Å²) in [4.78, 5) is 0. The molecule has 2 nitrogen and oxygen atoms in total. The van der Waals surface area contributed by atoms with Crippen LogP contribution in [0.1, 0.15) is 45.4 Å². The number of aliphatic hydroxyl groups excluding tert-OH is 1. The molecule has 0 aromatic rings. The summed E-state index contributed by atoms with van der Waals surface area (Å²) in [6, 6.07) is 0. The molecule has 0 radical (unpaired) electrons. The molecule has 0 aromatic heterocycles. The number of methoxy groups -OCH3 is 1. The molecule has 1 N–H and O–H groups in total. The van der Waals surface area contributed by atoms with Crippen LogP contribution in [0.15, 0.2) is 0 Å². The van der Waals surface area contributed by atoms with Crippen molar-refractivity contribution in [3.05, 3.63) is 0 Å². The van der Waals surface area contributed by atoms with Crippen LogP contribution in [0, 0.1) is 11.8 Å². The lowest BCUT2D eigenvalue weighted by molar-refractivity contribution is 0.0595. The average Bonchev–Trinajstić information content (AvgIpc) is 2.19. The van der Waals surface area contributed by atoms with Gasteiger partial charge in [0.25, 0.3) is 0 Å². The van der Waals surface area contributed by atoms with Gasteiger partial charge in [-0.25, -0.2) is 0 Å². The smallest absolute Gasteiger partial charge is 0.0569 e. The maximum Gasteiger partial charge on any atom is 0.0569 e. The van der Waals surface area contributed by atoms with Gasteiger partial charge < -0.3 is 9.84 Å². The molecule has 0 amide bonds. The summed E-state index contributed by atoms with van der Waals surface area (Å²) in [6.45, 7) is 3.09. The summed E-state index contributed by atoms with van der Waals surface area (Å²) < 4.78 is 4.99. The summed E-state index contributed by atoms with van der Waals surface area (Å²) in [7, 11) is 1.72. The molecule has 14 heavy (non-hydrogen) atoms. The van der Waals surface area contributed by atoms with Crippen molar-refractivity contribution in [3.8, 4) is 0 Å². The van der Waals surface area contributed by atoms with Gasteiger partial charge >= 0.3 is 0 Å². The zero-order chi connectivity index (χ0) is 10.4. The number of rotatable bonds is 5. The highest BCUT2D eigenvalue weighted by Crippen LogP contribution is 2.31. The molecule has 0 aliphatic heterocycles. The van der Waals surface area contributed by atoms with Crippen molar-refractivity contribution >= 4 is 0 Å². The molecule has 1 rings (SSSR count). The first-order valence-corrected chi connectivity index (χ1v) is 5.91. The standard InChI is InChI=1S/C12H24O2/c1-10-5-7-11(8-6-10)12(13)4-3-9-14-2/h10-13H,3-9H2,1-2H3. The molecular weight excluding hydrogens is 176 g/mol. The fraction of sp³-hybridized carbons (Fsp3) is 1.00. The summed E-state index contributed by atoms with van der Waals surface area (Å²) in [5, 5.41) is 9.93. The van der Waals surface area contributed by atoms with Gasteiger partial charge in [0.15, 0.2) is 0 Å². The Morgan fingerprint density at radius 2 is 1.93 bits per heavy atom. The summed E-state index contributed by atoms with van der Waals surface area (Å²) in [6.07, 6.45) is 6.84. The van der Waals surface area contributed by atoms with Crippen LogP contribution in [0.5, 0.6) is 0 Å². The summed E-state index contributed by atoms with van der Waals surface area (Å²) in [5.74, 6) is 1.43. The molecule has 84 valence electrons. The van der Waals surface area contributed by atoms with Crippen molar-refractivity contribution in [2.75, 3.05) is 13.7 Å². The molecule has 1 saturated carbocycles. The molecule has 1 unspecified atom stereocenters. The Bertz CT molecular complexity index is 139. The molecule has 1 aliphatic carbocycles. The normalized spacial score (nSPS) is 30.2. The van der Waals surface area contributed by atoms with E-state index in [0.29, 0.717) is 5.92 Å². The van der Waals surface area contributed by atoms with Crippen molar-refractivity contribution in [1.29, 1.82) is 0 Å². The van der Waals surface area contributed by atoms with E-state index in [1.54, 1.807) is 7.11 Å². The van der Waals surface area contributed by atoms with Crippen LogP contribution in [0.25, 0.3) is 0 Å². The van der Waals surface area contributed by atoms with E-state index < -0.39 is 0 Å². The maximum atomic E-state index is 9.93. The SMILES string of the molecule is COCCCC(O)C1CCC(C)CC1. The van der Waals surface area contributed by atoms with Crippen molar-refractivity contribution in [2.45, 2.75) is 51.6 Å². The van der Waals surface area contributed by atoms with Crippen LogP contribution in [-0.4, -0.2) is 24.9 Å². The minimum absolute atomic E-state index is 0.0855. The summed E-state index contributed by atoms with van der Waals surface area (Å²) >= 11 is 0. The van der Waals surface area contributed by atoms with Crippen molar-refractivity contribution in [2.24, 2.45) is 11.8 Å². The maximum absolute atomic E-state index is 9.93. The molecular formula is C12H24O2. The van der Waals surface area contributed by atoms with Crippen molar-refractivity contribution in [3.63, 3.8) is 0 Å². The zero-order valence-electron chi connectivity index (χ0n) is 9.54. The third-order valence-corrected chi connectivity index (χ3v) is 3.45. The van der Waals surface area contributed by atoms with E-state index in [0.717, 1.165) is 25.4 Å². The van der Waals surface area contributed by atoms with Gasteiger partial charge in [-0.2, -0.15) is 0 Å². The molecule has 0 bridgehead atoms. The first-order chi connectivity index (χ1) is 6.74. The molecule has 0 heterocycles. The molecule has 0 saturated heterocycles. The van der Waals surface area contributed by atoms with E-state index in [4.69, 9.17) is 4.74 Å². The summed E-state index contributed by atoms with van der Waals surface area (Å²) in [5.41, 5.74) is 0. The molecule has 0 aromatic carbocycles. The Labute approximate surface area is 87.7 Å². The molecule has 1 fully saturated rings. The number of hydrogen-bond acceptors (Lipinski definition) is 2. The molecule has 2 heteroatoms. The van der Waals surface area contributed by atoms with Gasteiger partial charge in [0, 0.05) is 13.7 Å². The Morgan fingerprint density at radius 1 is 1.29 bits per heavy atom. The fourth-order valence-electron chi connectivity index (χ4n) is 2.34. The second kappa shape index (κ2) is 6.41. The minimum atomic E-state index is -0.0855. The van der Waals surface area contributed by atoms with E-state index >= 15 is 0 Å². The molecule has 0 spiro atoms. The Morgan fingerprint density at radius 3 is 2.50 bits per heavy atom. The Balaban J connectivity index is 2.13. The van der Waals surface area contributed by atoms with E-state index in [1.165, 1.54) is 25.7 Å². The van der Waals surface area contributed by atoms with E-state index in [-0.39, 0.29) is 6.10 Å². The predicted octanol–water partition coefficient (Wildman–Crippen LogP) is 2.60. The Kier molecular flexibility index (Phi) is 5.49. The molecule has 1 atom stereocenters. The van der Waals surface area contributed by atoms with Crippen LogP contribution < -0.4 is 0 Å². The number of hydrogen-bond donors (Lipinski definition) is 1. The third-order valence-electron chi connectivity index (χ3n) is 3.45. The number of aliphatic hydroxyl groups is 1.